The third kappa shape index (κ3) is 3.28. The highest BCUT2D eigenvalue weighted by atomic mass is 16.5. The predicted octanol–water partition coefficient (Wildman–Crippen LogP) is 2.94. The smallest absolute Gasteiger partial charge is 0.290 e. The Balaban J connectivity index is 1.39. The monoisotopic (exact) mass is 414 g/mol. The molecule has 2 aromatic heterocycles. The number of carbonyl (C=O) groups excluding carboxylic acids is 1. The molecule has 2 aliphatic heterocycles. The molecule has 1 amide bonds. The molecule has 1 N–H and O–H groups in total. The number of fused-ring (bicyclic) bond motifs is 2. The van der Waals surface area contributed by atoms with E-state index in [-0.39, 0.29) is 5.91 Å². The van der Waals surface area contributed by atoms with Crippen LogP contribution in [0, 0.1) is 5.92 Å². The molecule has 8 nitrogen and oxygen atoms in total. The van der Waals surface area contributed by atoms with Gasteiger partial charge in [-0.2, -0.15) is 0 Å². The van der Waals surface area contributed by atoms with Crippen LogP contribution in [0.4, 0.5) is 0 Å². The summed E-state index contributed by atoms with van der Waals surface area (Å²) in [5.74, 6) is 1.81. The van der Waals surface area contributed by atoms with Crippen molar-refractivity contribution in [3.05, 3.63) is 65.8 Å². The van der Waals surface area contributed by atoms with Crippen LogP contribution in [0.3, 0.4) is 0 Å². The quantitative estimate of drug-likeness (QED) is 0.711. The van der Waals surface area contributed by atoms with Gasteiger partial charge >= 0.3 is 0 Å². The second-order valence-corrected chi connectivity index (χ2v) is 8.16. The average Bonchev–Trinajstić information content (AvgIpc) is 3.58. The molecular weight excluding hydrogens is 392 g/mol. The van der Waals surface area contributed by atoms with Gasteiger partial charge in [0.25, 0.3) is 5.91 Å². The first-order chi connectivity index (χ1) is 15.3. The molecule has 0 spiro atoms. The van der Waals surface area contributed by atoms with Gasteiger partial charge in [0.2, 0.25) is 0 Å². The number of hydrogen-bond donors (Lipinski definition) is 1. The molecule has 1 fully saturated rings. The van der Waals surface area contributed by atoms with Crippen LogP contribution in [-0.2, 0) is 16.0 Å². The zero-order valence-electron chi connectivity index (χ0n) is 17.0. The maximum absolute atomic E-state index is 13.7. The predicted molar refractivity (Wildman–Crippen MR) is 114 cm³/mol. The van der Waals surface area contributed by atoms with E-state index in [1.807, 2.05) is 30.3 Å². The molecule has 31 heavy (non-hydrogen) atoms. The largest absolute Gasteiger partial charge is 0.438 e. The molecule has 0 bridgehead atoms. The highest BCUT2D eigenvalue weighted by Crippen LogP contribution is 2.36. The van der Waals surface area contributed by atoms with E-state index in [9.17, 15) is 4.79 Å². The van der Waals surface area contributed by atoms with Crippen molar-refractivity contribution in [1.29, 1.82) is 0 Å². The fourth-order valence-electron chi connectivity index (χ4n) is 4.25. The Labute approximate surface area is 179 Å². The number of imidazole rings is 1. The molecule has 3 aliphatic rings. The fourth-order valence-corrected chi connectivity index (χ4v) is 4.25. The first-order valence-corrected chi connectivity index (χ1v) is 10.7. The van der Waals surface area contributed by atoms with Gasteiger partial charge in [0.05, 0.1) is 17.5 Å². The van der Waals surface area contributed by atoms with Crippen LogP contribution in [0.2, 0.25) is 0 Å². The topological polar surface area (TPSA) is 96.4 Å². The van der Waals surface area contributed by atoms with Crippen molar-refractivity contribution in [2.45, 2.75) is 31.7 Å². The number of para-hydroxylation sites is 1. The summed E-state index contributed by atoms with van der Waals surface area (Å²) in [6.45, 7) is 1.19. The molecule has 0 radical (unpaired) electrons. The standard InChI is InChI=1S/C23H22N6O2/c30-23(18-6-3-10-24-22(31-18)14-7-8-14)29-11-9-17-19(27-13-26-17)20(29)21-25-12-15-4-1-2-5-16(15)28-21/h1-2,4-6,12-14,20H,3,7-11H2,(H,26,27). The number of H-pyrrole nitrogens is 1. The van der Waals surface area contributed by atoms with Gasteiger partial charge in [0.1, 0.15) is 6.04 Å². The second kappa shape index (κ2) is 7.30. The Morgan fingerprint density at radius 3 is 3.00 bits per heavy atom. The number of aliphatic imine (C=N–C) groups is 1. The van der Waals surface area contributed by atoms with Crippen LogP contribution in [0.25, 0.3) is 10.9 Å². The van der Waals surface area contributed by atoms with Crippen molar-refractivity contribution in [2.24, 2.45) is 10.9 Å². The van der Waals surface area contributed by atoms with Crippen molar-refractivity contribution in [3.63, 3.8) is 0 Å². The van der Waals surface area contributed by atoms with E-state index in [4.69, 9.17) is 9.72 Å². The normalized spacial score (nSPS) is 21.0. The number of benzene rings is 1. The first kappa shape index (κ1) is 18.2. The van der Waals surface area contributed by atoms with E-state index >= 15 is 0 Å². The SMILES string of the molecule is O=C(C1=CCCN=C(C2CC2)O1)N1CCc2[nH]cnc2C1c1ncc2ccccc2n1. The number of amides is 1. The van der Waals surface area contributed by atoms with Gasteiger partial charge in [0, 0.05) is 42.7 Å². The third-order valence-electron chi connectivity index (χ3n) is 6.02. The van der Waals surface area contributed by atoms with Gasteiger partial charge < -0.3 is 14.6 Å². The molecule has 3 aromatic rings. The molecule has 6 rings (SSSR count). The van der Waals surface area contributed by atoms with E-state index in [1.165, 1.54) is 0 Å². The number of hydrogen-bond acceptors (Lipinski definition) is 6. The van der Waals surface area contributed by atoms with Crippen molar-refractivity contribution in [2.75, 3.05) is 13.1 Å². The molecule has 1 atom stereocenters. The Hall–Kier alpha value is -3.55. The highest BCUT2D eigenvalue weighted by Gasteiger charge is 2.39. The van der Waals surface area contributed by atoms with Gasteiger partial charge in [-0.25, -0.2) is 15.0 Å². The van der Waals surface area contributed by atoms with Crippen LogP contribution in [0.1, 0.15) is 42.5 Å². The summed E-state index contributed by atoms with van der Waals surface area (Å²) >= 11 is 0. The highest BCUT2D eigenvalue weighted by molar-refractivity contribution is 5.96. The maximum atomic E-state index is 13.7. The number of nitrogens with one attached hydrogen (secondary N) is 1. The third-order valence-corrected chi connectivity index (χ3v) is 6.02. The van der Waals surface area contributed by atoms with Gasteiger partial charge in [-0.15, -0.1) is 0 Å². The Kier molecular flexibility index (Phi) is 4.29. The number of rotatable bonds is 3. The zero-order valence-corrected chi connectivity index (χ0v) is 17.0. The lowest BCUT2D eigenvalue weighted by Crippen LogP contribution is -2.42. The molecule has 0 saturated heterocycles. The molecular formula is C23H22N6O2. The molecule has 1 unspecified atom stereocenters. The maximum Gasteiger partial charge on any atom is 0.290 e. The Morgan fingerprint density at radius 1 is 1.19 bits per heavy atom. The van der Waals surface area contributed by atoms with E-state index in [2.05, 4.69) is 19.9 Å². The second-order valence-electron chi connectivity index (χ2n) is 8.16. The fraction of sp³-hybridized carbons (Fsp3) is 0.348. The lowest BCUT2D eigenvalue weighted by Gasteiger charge is -2.34. The summed E-state index contributed by atoms with van der Waals surface area (Å²) in [7, 11) is 0. The average molecular weight is 414 g/mol. The summed E-state index contributed by atoms with van der Waals surface area (Å²) in [6, 6.07) is 7.37. The number of ether oxygens (including phenoxy) is 1. The van der Waals surface area contributed by atoms with Crippen LogP contribution < -0.4 is 0 Å². The van der Waals surface area contributed by atoms with Crippen molar-refractivity contribution >= 4 is 22.7 Å². The molecule has 8 heteroatoms. The van der Waals surface area contributed by atoms with Crippen LogP contribution >= 0.6 is 0 Å². The summed E-state index contributed by atoms with van der Waals surface area (Å²) in [5, 5.41) is 0.960. The van der Waals surface area contributed by atoms with Crippen molar-refractivity contribution in [3.8, 4) is 0 Å². The van der Waals surface area contributed by atoms with Crippen molar-refractivity contribution < 1.29 is 9.53 Å². The van der Waals surface area contributed by atoms with Gasteiger partial charge in [-0.05, 0) is 31.4 Å². The van der Waals surface area contributed by atoms with Crippen LogP contribution in [0.5, 0.6) is 0 Å². The van der Waals surface area contributed by atoms with Crippen LogP contribution in [-0.4, -0.2) is 49.7 Å². The number of aromatic nitrogens is 4. The Bertz CT molecular complexity index is 1230. The molecule has 1 saturated carbocycles. The number of carbonyl (C=O) groups is 1. The zero-order chi connectivity index (χ0) is 20.8. The minimum absolute atomic E-state index is 0.161. The molecule has 156 valence electrons. The summed E-state index contributed by atoms with van der Waals surface area (Å²) in [4.78, 5) is 37.1. The molecule has 4 heterocycles. The minimum Gasteiger partial charge on any atom is -0.438 e. The van der Waals surface area contributed by atoms with Crippen LogP contribution in [0.15, 0.2) is 53.6 Å². The van der Waals surface area contributed by atoms with Gasteiger partial charge in [0.15, 0.2) is 17.5 Å². The molecule has 1 aromatic carbocycles. The minimum atomic E-state index is -0.471. The lowest BCUT2D eigenvalue weighted by atomic mass is 10.0. The van der Waals surface area contributed by atoms with Crippen molar-refractivity contribution in [1.82, 2.24) is 24.8 Å². The molecule has 1 aliphatic carbocycles. The van der Waals surface area contributed by atoms with E-state index < -0.39 is 6.04 Å². The number of aromatic amines is 1. The lowest BCUT2D eigenvalue weighted by molar-refractivity contribution is -0.131. The first-order valence-electron chi connectivity index (χ1n) is 10.7. The van der Waals surface area contributed by atoms with E-state index in [1.54, 1.807) is 17.4 Å². The summed E-state index contributed by atoms with van der Waals surface area (Å²) < 4.78 is 6.03. The summed E-state index contributed by atoms with van der Waals surface area (Å²) in [6.07, 6.45) is 8.88. The summed E-state index contributed by atoms with van der Waals surface area (Å²) in [5.41, 5.74) is 2.65. The Morgan fingerprint density at radius 2 is 2.10 bits per heavy atom. The van der Waals surface area contributed by atoms with E-state index in [0.717, 1.165) is 35.1 Å². The van der Waals surface area contributed by atoms with Gasteiger partial charge in [-0.3, -0.25) is 9.79 Å². The van der Waals surface area contributed by atoms with E-state index in [0.29, 0.717) is 49.3 Å². The van der Waals surface area contributed by atoms with Gasteiger partial charge in [-0.1, -0.05) is 18.2 Å². The number of nitrogens with zero attached hydrogens (tertiary/aromatic N) is 5.